The molecule has 1 amide bonds. The molecule has 0 saturated heterocycles. The molecule has 7 heteroatoms. The van der Waals surface area contributed by atoms with Crippen molar-refractivity contribution in [3.63, 3.8) is 0 Å². The van der Waals surface area contributed by atoms with Gasteiger partial charge in [-0.15, -0.1) is 0 Å². The maximum atomic E-state index is 12.7. The minimum absolute atomic E-state index is 0.114. The summed E-state index contributed by atoms with van der Waals surface area (Å²) in [7, 11) is 0. The zero-order valence-corrected chi connectivity index (χ0v) is 10.3. The van der Waals surface area contributed by atoms with E-state index in [1.807, 2.05) is 0 Å². The quantitative estimate of drug-likeness (QED) is 0.582. The van der Waals surface area contributed by atoms with Gasteiger partial charge in [-0.2, -0.15) is 13.2 Å². The van der Waals surface area contributed by atoms with E-state index in [9.17, 15) is 18.0 Å². The molecule has 0 aromatic heterocycles. The summed E-state index contributed by atoms with van der Waals surface area (Å²) in [6, 6.07) is 4.88. The topological polar surface area (TPSA) is 65.0 Å². The SMILES string of the molecule is CCNC(=N)NC(=O)Cc1ccccc1C(F)(F)F. The zero-order chi connectivity index (χ0) is 14.5. The number of halogens is 3. The highest BCUT2D eigenvalue weighted by Crippen LogP contribution is 2.31. The Bertz CT molecular complexity index is 472. The fourth-order valence-corrected chi connectivity index (χ4v) is 1.53. The van der Waals surface area contributed by atoms with Crippen molar-refractivity contribution < 1.29 is 18.0 Å². The van der Waals surface area contributed by atoms with Crippen LogP contribution in [0.3, 0.4) is 0 Å². The molecule has 0 aliphatic heterocycles. The third-order valence-corrected chi connectivity index (χ3v) is 2.29. The number of hydrogen-bond acceptors (Lipinski definition) is 2. The molecule has 0 spiro atoms. The van der Waals surface area contributed by atoms with Crippen LogP contribution in [0, 0.1) is 5.41 Å². The van der Waals surface area contributed by atoms with E-state index < -0.39 is 24.1 Å². The summed E-state index contributed by atoms with van der Waals surface area (Å²) in [4.78, 5) is 11.5. The molecule has 0 aliphatic rings. The molecule has 0 saturated carbocycles. The number of alkyl halides is 3. The molecule has 0 heterocycles. The van der Waals surface area contributed by atoms with Gasteiger partial charge in [0.05, 0.1) is 12.0 Å². The Morgan fingerprint density at radius 1 is 1.32 bits per heavy atom. The third kappa shape index (κ3) is 4.61. The first-order valence-electron chi connectivity index (χ1n) is 5.62. The monoisotopic (exact) mass is 273 g/mol. The summed E-state index contributed by atoms with van der Waals surface area (Å²) >= 11 is 0. The molecule has 1 aromatic carbocycles. The molecule has 0 bridgehead atoms. The molecule has 4 nitrogen and oxygen atoms in total. The van der Waals surface area contributed by atoms with Crippen LogP contribution in [0.2, 0.25) is 0 Å². The summed E-state index contributed by atoms with van der Waals surface area (Å²) in [5, 5.41) is 12.0. The van der Waals surface area contributed by atoms with Crippen LogP contribution in [0.15, 0.2) is 24.3 Å². The minimum atomic E-state index is -4.49. The molecule has 104 valence electrons. The van der Waals surface area contributed by atoms with E-state index in [0.29, 0.717) is 6.54 Å². The number of guanidine groups is 1. The molecule has 0 unspecified atom stereocenters. The molecular weight excluding hydrogens is 259 g/mol. The molecular formula is C12H14F3N3O. The van der Waals surface area contributed by atoms with Crippen LogP contribution in [0.5, 0.6) is 0 Å². The average molecular weight is 273 g/mol. The maximum absolute atomic E-state index is 12.7. The van der Waals surface area contributed by atoms with Gasteiger partial charge in [-0.3, -0.25) is 15.5 Å². The lowest BCUT2D eigenvalue weighted by Crippen LogP contribution is -2.40. The normalized spacial score (nSPS) is 10.9. The standard InChI is InChI=1S/C12H14F3N3O/c1-2-17-11(16)18-10(19)7-8-5-3-4-6-9(8)12(13,14)15/h3-6H,2,7H2,1H3,(H3,16,17,18,19). The van der Waals surface area contributed by atoms with Gasteiger partial charge < -0.3 is 5.32 Å². The van der Waals surface area contributed by atoms with Crippen LogP contribution in [0.4, 0.5) is 13.2 Å². The number of hydrogen-bond donors (Lipinski definition) is 3. The van der Waals surface area contributed by atoms with Gasteiger partial charge in [-0.05, 0) is 18.6 Å². The van der Waals surface area contributed by atoms with E-state index in [2.05, 4.69) is 10.6 Å². The molecule has 19 heavy (non-hydrogen) atoms. The van der Waals surface area contributed by atoms with Crippen LogP contribution in [0.25, 0.3) is 0 Å². The van der Waals surface area contributed by atoms with E-state index in [1.54, 1.807) is 6.92 Å². The number of rotatable bonds is 3. The predicted octanol–water partition coefficient (Wildman–Crippen LogP) is 1.91. The summed E-state index contributed by atoms with van der Waals surface area (Å²) in [5.74, 6) is -0.889. The van der Waals surface area contributed by atoms with Crippen molar-refractivity contribution in [1.82, 2.24) is 10.6 Å². The predicted molar refractivity (Wildman–Crippen MR) is 64.7 cm³/mol. The molecule has 0 atom stereocenters. The number of carbonyl (C=O) groups excluding carboxylic acids is 1. The van der Waals surface area contributed by atoms with Crippen molar-refractivity contribution in [2.24, 2.45) is 0 Å². The van der Waals surface area contributed by atoms with Crippen LogP contribution in [-0.2, 0) is 17.4 Å². The van der Waals surface area contributed by atoms with Crippen molar-refractivity contribution in [3.8, 4) is 0 Å². The second kappa shape index (κ2) is 6.21. The second-order valence-electron chi connectivity index (χ2n) is 3.79. The van der Waals surface area contributed by atoms with Gasteiger partial charge in [-0.25, -0.2) is 0 Å². The summed E-state index contributed by atoms with van der Waals surface area (Å²) in [6.45, 7) is 2.18. The molecule has 0 radical (unpaired) electrons. The van der Waals surface area contributed by atoms with E-state index in [4.69, 9.17) is 5.41 Å². The Kier molecular flexibility index (Phi) is 4.91. The first kappa shape index (κ1) is 15.0. The van der Waals surface area contributed by atoms with Gasteiger partial charge in [0.25, 0.3) is 0 Å². The Hall–Kier alpha value is -2.05. The van der Waals surface area contributed by atoms with Gasteiger partial charge >= 0.3 is 6.18 Å². The Labute approximate surface area is 108 Å². The van der Waals surface area contributed by atoms with Crippen molar-refractivity contribution in [2.75, 3.05) is 6.54 Å². The first-order valence-corrected chi connectivity index (χ1v) is 5.62. The number of benzene rings is 1. The minimum Gasteiger partial charge on any atom is -0.357 e. The van der Waals surface area contributed by atoms with Crippen LogP contribution in [0.1, 0.15) is 18.1 Å². The Morgan fingerprint density at radius 3 is 2.53 bits per heavy atom. The van der Waals surface area contributed by atoms with Gasteiger partial charge in [0, 0.05) is 6.54 Å². The van der Waals surface area contributed by atoms with Crippen molar-refractivity contribution in [3.05, 3.63) is 35.4 Å². The number of nitrogens with one attached hydrogen (secondary N) is 3. The number of amides is 1. The highest BCUT2D eigenvalue weighted by molar-refractivity contribution is 5.96. The molecule has 0 fully saturated rings. The molecule has 1 rings (SSSR count). The summed E-state index contributed by atoms with van der Waals surface area (Å²) in [6.07, 6.45) is -4.92. The zero-order valence-electron chi connectivity index (χ0n) is 10.3. The average Bonchev–Trinajstić information content (AvgIpc) is 2.28. The second-order valence-corrected chi connectivity index (χ2v) is 3.79. The lowest BCUT2D eigenvalue weighted by atomic mass is 10.0. The van der Waals surface area contributed by atoms with E-state index in [0.717, 1.165) is 6.07 Å². The first-order chi connectivity index (χ1) is 8.84. The van der Waals surface area contributed by atoms with Crippen molar-refractivity contribution >= 4 is 11.9 Å². The highest BCUT2D eigenvalue weighted by atomic mass is 19.4. The third-order valence-electron chi connectivity index (χ3n) is 2.29. The van der Waals surface area contributed by atoms with E-state index >= 15 is 0 Å². The molecule has 3 N–H and O–H groups in total. The van der Waals surface area contributed by atoms with Crippen LogP contribution < -0.4 is 10.6 Å². The van der Waals surface area contributed by atoms with E-state index in [1.165, 1.54) is 18.2 Å². The smallest absolute Gasteiger partial charge is 0.357 e. The lowest BCUT2D eigenvalue weighted by Gasteiger charge is -2.13. The largest absolute Gasteiger partial charge is 0.416 e. The van der Waals surface area contributed by atoms with Crippen molar-refractivity contribution in [2.45, 2.75) is 19.5 Å². The Balaban J connectivity index is 2.77. The fraction of sp³-hybridized carbons (Fsp3) is 0.333. The summed E-state index contributed by atoms with van der Waals surface area (Å²) < 4.78 is 38.1. The lowest BCUT2D eigenvalue weighted by molar-refractivity contribution is -0.138. The maximum Gasteiger partial charge on any atom is 0.416 e. The summed E-state index contributed by atoms with van der Waals surface area (Å²) in [5.41, 5.74) is -0.947. The van der Waals surface area contributed by atoms with Gasteiger partial charge in [0.1, 0.15) is 0 Å². The van der Waals surface area contributed by atoms with Crippen LogP contribution >= 0.6 is 0 Å². The van der Waals surface area contributed by atoms with Gasteiger partial charge in [0.15, 0.2) is 5.96 Å². The van der Waals surface area contributed by atoms with E-state index in [-0.39, 0.29) is 11.5 Å². The molecule has 1 aromatic rings. The van der Waals surface area contributed by atoms with Crippen molar-refractivity contribution in [1.29, 1.82) is 5.41 Å². The number of carbonyl (C=O) groups is 1. The van der Waals surface area contributed by atoms with Crippen LogP contribution in [-0.4, -0.2) is 18.4 Å². The molecule has 0 aliphatic carbocycles. The van der Waals surface area contributed by atoms with Gasteiger partial charge in [-0.1, -0.05) is 18.2 Å². The fourth-order valence-electron chi connectivity index (χ4n) is 1.53. The Morgan fingerprint density at radius 2 is 1.95 bits per heavy atom. The highest BCUT2D eigenvalue weighted by Gasteiger charge is 2.33. The van der Waals surface area contributed by atoms with Gasteiger partial charge in [0.2, 0.25) is 5.91 Å².